The van der Waals surface area contributed by atoms with Gasteiger partial charge < -0.3 is 15.4 Å². The van der Waals surface area contributed by atoms with Gasteiger partial charge in [-0.2, -0.15) is 0 Å². The predicted molar refractivity (Wildman–Crippen MR) is 121 cm³/mol. The smallest absolute Gasteiger partial charge is 0.275 e. The van der Waals surface area contributed by atoms with Crippen LogP contribution in [-0.2, 0) is 4.79 Å². The van der Waals surface area contributed by atoms with E-state index in [1.807, 2.05) is 0 Å². The largest absolute Gasteiger partial charge is 0.473 e. The van der Waals surface area contributed by atoms with Gasteiger partial charge in [-0.3, -0.25) is 9.59 Å². The fourth-order valence-corrected chi connectivity index (χ4v) is 2.87. The zero-order chi connectivity index (χ0) is 25.6. The van der Waals surface area contributed by atoms with E-state index >= 15 is 0 Å². The van der Waals surface area contributed by atoms with Crippen LogP contribution in [0.5, 0.6) is 5.88 Å². The molecule has 0 bridgehead atoms. The van der Waals surface area contributed by atoms with E-state index in [2.05, 4.69) is 25.8 Å². The van der Waals surface area contributed by atoms with E-state index < -0.39 is 37.1 Å². The molecule has 186 valence electrons. The molecular weight excluding hydrogens is 451 g/mol. The molecule has 0 radical (unpaired) electrons. The van der Waals surface area contributed by atoms with Crippen molar-refractivity contribution in [3.8, 4) is 5.88 Å². The minimum Gasteiger partial charge on any atom is -0.473 e. The standard InChI is InChI=1S/C23H30F3N5O3/c1-7-23(26,22(24)25)11-34-21-13(4)8-17(30-31-21)20(33)28-15(6)16-9-14(5)27-18(10-16)29-19(32)12(2)3/h8-10,12,15,22H,7,11H2,1-6H3,(H,28,33)(H,27,29,32). The highest BCUT2D eigenvalue weighted by molar-refractivity contribution is 5.93. The predicted octanol–water partition coefficient (Wildman–Crippen LogP) is 4.34. The van der Waals surface area contributed by atoms with E-state index in [0.717, 1.165) is 5.56 Å². The summed E-state index contributed by atoms with van der Waals surface area (Å²) in [5.41, 5.74) is -1.09. The summed E-state index contributed by atoms with van der Waals surface area (Å²) in [7, 11) is 0. The van der Waals surface area contributed by atoms with Gasteiger partial charge in [-0.1, -0.05) is 20.8 Å². The molecule has 34 heavy (non-hydrogen) atoms. The Morgan fingerprint density at radius 3 is 2.35 bits per heavy atom. The number of pyridine rings is 1. The van der Waals surface area contributed by atoms with Crippen molar-refractivity contribution in [3.63, 3.8) is 0 Å². The molecular formula is C23H30F3N5O3. The molecule has 0 fully saturated rings. The summed E-state index contributed by atoms with van der Waals surface area (Å²) in [5, 5.41) is 13.1. The van der Waals surface area contributed by atoms with Gasteiger partial charge in [0.1, 0.15) is 12.4 Å². The summed E-state index contributed by atoms with van der Waals surface area (Å²) < 4.78 is 45.0. The Morgan fingerprint density at radius 1 is 1.12 bits per heavy atom. The number of hydrogen-bond acceptors (Lipinski definition) is 6. The van der Waals surface area contributed by atoms with Gasteiger partial charge in [0, 0.05) is 17.2 Å². The van der Waals surface area contributed by atoms with E-state index in [-0.39, 0.29) is 23.4 Å². The summed E-state index contributed by atoms with van der Waals surface area (Å²) in [6, 6.07) is 4.38. The average molecular weight is 482 g/mol. The number of anilines is 1. The lowest BCUT2D eigenvalue weighted by Crippen LogP contribution is -2.38. The molecule has 0 aliphatic carbocycles. The Kier molecular flexibility index (Phi) is 8.94. The van der Waals surface area contributed by atoms with Crippen molar-refractivity contribution in [1.82, 2.24) is 20.5 Å². The number of alkyl halides is 3. The zero-order valence-corrected chi connectivity index (χ0v) is 20.1. The second-order valence-corrected chi connectivity index (χ2v) is 8.46. The van der Waals surface area contributed by atoms with Gasteiger partial charge in [-0.15, -0.1) is 10.2 Å². The minimum absolute atomic E-state index is 0.0216. The van der Waals surface area contributed by atoms with Crippen LogP contribution < -0.4 is 15.4 Å². The van der Waals surface area contributed by atoms with Gasteiger partial charge in [0.25, 0.3) is 12.3 Å². The quantitative estimate of drug-likeness (QED) is 0.523. The first-order valence-corrected chi connectivity index (χ1v) is 10.9. The van der Waals surface area contributed by atoms with Crippen LogP contribution >= 0.6 is 0 Å². The number of hydrogen-bond donors (Lipinski definition) is 2. The topological polar surface area (TPSA) is 106 Å². The molecule has 0 spiro atoms. The third-order valence-electron chi connectivity index (χ3n) is 5.20. The average Bonchev–Trinajstić information content (AvgIpc) is 2.77. The lowest BCUT2D eigenvalue weighted by Gasteiger charge is -2.22. The van der Waals surface area contributed by atoms with Crippen molar-refractivity contribution in [1.29, 1.82) is 0 Å². The summed E-state index contributed by atoms with van der Waals surface area (Å²) in [6.45, 7) is 9.04. The molecule has 2 amide bonds. The molecule has 2 unspecified atom stereocenters. The first kappa shape index (κ1) is 27.0. The molecule has 8 nitrogen and oxygen atoms in total. The number of aryl methyl sites for hydroxylation is 2. The Bertz CT molecular complexity index is 1030. The SMILES string of the molecule is CCC(F)(COc1nnc(C(=O)NC(C)c2cc(C)nc(NC(=O)C(C)C)c2)cc1C)C(F)F. The molecule has 11 heteroatoms. The summed E-state index contributed by atoms with van der Waals surface area (Å²) in [5.74, 6) is -0.665. The fourth-order valence-electron chi connectivity index (χ4n) is 2.87. The molecule has 0 saturated carbocycles. The van der Waals surface area contributed by atoms with Crippen LogP contribution in [0.15, 0.2) is 18.2 Å². The number of ether oxygens (including phenoxy) is 1. The first-order valence-electron chi connectivity index (χ1n) is 10.9. The number of rotatable bonds is 10. The molecule has 2 rings (SSSR count). The van der Waals surface area contributed by atoms with Gasteiger partial charge in [0.05, 0.1) is 6.04 Å². The van der Waals surface area contributed by atoms with Gasteiger partial charge >= 0.3 is 0 Å². The summed E-state index contributed by atoms with van der Waals surface area (Å²) in [6.07, 6.45) is -3.62. The second kappa shape index (κ2) is 11.3. The lowest BCUT2D eigenvalue weighted by atomic mass is 10.1. The first-order chi connectivity index (χ1) is 15.9. The molecule has 0 aliphatic heterocycles. The van der Waals surface area contributed by atoms with Crippen LogP contribution in [0.3, 0.4) is 0 Å². The van der Waals surface area contributed by atoms with Crippen LogP contribution in [0, 0.1) is 19.8 Å². The Hall–Kier alpha value is -3.24. The molecule has 2 atom stereocenters. The monoisotopic (exact) mass is 481 g/mol. The van der Waals surface area contributed by atoms with E-state index in [4.69, 9.17) is 4.74 Å². The fraction of sp³-hybridized carbons (Fsp3) is 0.522. The van der Waals surface area contributed by atoms with E-state index in [1.54, 1.807) is 46.8 Å². The summed E-state index contributed by atoms with van der Waals surface area (Å²) >= 11 is 0. The molecule has 2 heterocycles. The van der Waals surface area contributed by atoms with Crippen molar-refractivity contribution < 1.29 is 27.5 Å². The molecule has 0 saturated heterocycles. The Balaban J connectivity index is 2.10. The van der Waals surface area contributed by atoms with Crippen molar-refractivity contribution in [3.05, 3.63) is 40.7 Å². The molecule has 2 aromatic rings. The normalized spacial score (nSPS) is 14.0. The van der Waals surface area contributed by atoms with Gasteiger partial charge in [0.15, 0.2) is 5.69 Å². The van der Waals surface area contributed by atoms with Crippen molar-refractivity contribution in [2.75, 3.05) is 11.9 Å². The van der Waals surface area contributed by atoms with E-state index in [0.29, 0.717) is 17.1 Å². The number of aromatic nitrogens is 3. The molecule has 0 aliphatic rings. The van der Waals surface area contributed by atoms with E-state index in [1.165, 1.54) is 13.0 Å². The van der Waals surface area contributed by atoms with Crippen molar-refractivity contribution >= 4 is 17.6 Å². The maximum absolute atomic E-state index is 14.1. The van der Waals surface area contributed by atoms with Crippen LogP contribution in [0.1, 0.15) is 67.5 Å². The molecule has 2 aromatic heterocycles. The number of amides is 2. The van der Waals surface area contributed by atoms with E-state index in [9.17, 15) is 22.8 Å². The Morgan fingerprint density at radius 2 is 1.79 bits per heavy atom. The minimum atomic E-state index is -3.20. The zero-order valence-electron chi connectivity index (χ0n) is 20.1. The third kappa shape index (κ3) is 6.88. The van der Waals surface area contributed by atoms with Crippen molar-refractivity contribution in [2.45, 2.75) is 66.1 Å². The third-order valence-corrected chi connectivity index (χ3v) is 5.20. The lowest BCUT2D eigenvalue weighted by molar-refractivity contribution is -0.118. The highest BCUT2D eigenvalue weighted by Crippen LogP contribution is 2.26. The highest BCUT2D eigenvalue weighted by Gasteiger charge is 2.40. The number of nitrogens with zero attached hydrogens (tertiary/aromatic N) is 3. The number of carbonyl (C=O) groups excluding carboxylic acids is 2. The van der Waals surface area contributed by atoms with Crippen LogP contribution in [0.4, 0.5) is 19.0 Å². The number of nitrogens with one attached hydrogen (secondary N) is 2. The van der Waals surface area contributed by atoms with Gasteiger partial charge in [-0.25, -0.2) is 18.2 Å². The summed E-state index contributed by atoms with van der Waals surface area (Å²) in [4.78, 5) is 29.0. The Labute approximate surface area is 196 Å². The maximum Gasteiger partial charge on any atom is 0.275 e. The maximum atomic E-state index is 14.1. The number of halogens is 3. The van der Waals surface area contributed by atoms with Gasteiger partial charge in [0.2, 0.25) is 17.5 Å². The molecule has 2 N–H and O–H groups in total. The molecule has 0 aromatic carbocycles. The van der Waals surface area contributed by atoms with Crippen LogP contribution in [0.25, 0.3) is 0 Å². The van der Waals surface area contributed by atoms with Gasteiger partial charge in [-0.05, 0) is 51.0 Å². The number of carbonyl (C=O) groups is 2. The van der Waals surface area contributed by atoms with Crippen LogP contribution in [0.2, 0.25) is 0 Å². The van der Waals surface area contributed by atoms with Crippen molar-refractivity contribution in [2.24, 2.45) is 5.92 Å². The van der Waals surface area contributed by atoms with Crippen LogP contribution in [-0.4, -0.2) is 45.7 Å². The second-order valence-electron chi connectivity index (χ2n) is 8.46. The highest BCUT2D eigenvalue weighted by atomic mass is 19.3.